The van der Waals surface area contributed by atoms with Crippen LogP contribution < -0.4 is 5.43 Å². The number of nitrogens with zero attached hydrogens (tertiary/aromatic N) is 5. The van der Waals surface area contributed by atoms with E-state index in [2.05, 4.69) is 26.0 Å². The molecule has 0 aliphatic carbocycles. The molecule has 2 heterocycles. The van der Waals surface area contributed by atoms with Crippen LogP contribution in [-0.2, 0) is 0 Å². The molecule has 0 aliphatic rings. The summed E-state index contributed by atoms with van der Waals surface area (Å²) in [5.74, 6) is 0. The highest BCUT2D eigenvalue weighted by Gasteiger charge is 1.89. The third-order valence-electron chi connectivity index (χ3n) is 1.20. The first-order chi connectivity index (χ1) is 6.45. The molecule has 0 atom stereocenters. The van der Waals surface area contributed by atoms with Gasteiger partial charge >= 0.3 is 0 Å². The molecule has 0 saturated carbocycles. The molecule has 66 valence electrons. The smallest absolute Gasteiger partial charge is 0.204 e. The number of hydrogen-bond acceptors (Lipinski definition) is 5. The monoisotopic (exact) mass is 194 g/mol. The summed E-state index contributed by atoms with van der Waals surface area (Å²) in [6.45, 7) is 0. The van der Waals surface area contributed by atoms with Gasteiger partial charge < -0.3 is 0 Å². The highest BCUT2D eigenvalue weighted by Crippen LogP contribution is 2.09. The maximum atomic E-state index is 3.96. The van der Waals surface area contributed by atoms with E-state index in [4.69, 9.17) is 0 Å². The van der Waals surface area contributed by atoms with Crippen LogP contribution in [-0.4, -0.2) is 14.9 Å². The normalized spacial score (nSPS) is 10.8. The lowest BCUT2D eigenvalue weighted by atomic mass is 10.8. The van der Waals surface area contributed by atoms with Crippen LogP contribution in [0.3, 0.4) is 0 Å². The van der Waals surface area contributed by atoms with Crippen molar-refractivity contribution in [1.29, 1.82) is 0 Å². The zero-order valence-corrected chi connectivity index (χ0v) is 7.35. The van der Waals surface area contributed by atoms with E-state index in [-0.39, 0.29) is 0 Å². The van der Waals surface area contributed by atoms with Crippen molar-refractivity contribution in [1.82, 2.24) is 14.9 Å². The topological polar surface area (TPSA) is 67.5 Å². The van der Waals surface area contributed by atoms with E-state index in [1.54, 1.807) is 24.7 Å². The van der Waals surface area contributed by atoms with Crippen molar-refractivity contribution in [3.05, 3.63) is 30.0 Å². The summed E-state index contributed by atoms with van der Waals surface area (Å²) < 4.78 is 0. The van der Waals surface area contributed by atoms with Crippen LogP contribution in [0.15, 0.2) is 40.5 Å². The molecule has 6 nitrogen and oxygen atoms in total. The maximum Gasteiger partial charge on any atom is 0.204 e. The van der Waals surface area contributed by atoms with Crippen LogP contribution >= 0.6 is 11.3 Å². The largest absolute Gasteiger partial charge is 0.232 e. The first kappa shape index (κ1) is 7.87. The zero-order valence-electron chi connectivity index (χ0n) is 6.53. The molecule has 7 heteroatoms. The minimum absolute atomic E-state index is 0.705. The van der Waals surface area contributed by atoms with Gasteiger partial charge in [-0.3, -0.25) is 0 Å². The van der Waals surface area contributed by atoms with Crippen LogP contribution in [0.2, 0.25) is 0 Å². The fourth-order valence-electron chi connectivity index (χ4n) is 0.703. The van der Waals surface area contributed by atoms with Gasteiger partial charge in [0.1, 0.15) is 0 Å². The number of thiazole rings is 1. The molecule has 0 spiro atoms. The number of rotatable bonds is 3. The summed E-state index contributed by atoms with van der Waals surface area (Å²) >= 11 is 1.45. The Morgan fingerprint density at radius 2 is 2.46 bits per heavy atom. The first-order valence-corrected chi connectivity index (χ1v) is 4.39. The Morgan fingerprint density at radius 1 is 1.46 bits per heavy atom. The second-order valence-electron chi connectivity index (χ2n) is 2.06. The number of anilines is 1. The lowest BCUT2D eigenvalue weighted by Gasteiger charge is -1.89. The van der Waals surface area contributed by atoms with Crippen molar-refractivity contribution >= 4 is 16.5 Å². The molecule has 13 heavy (non-hydrogen) atoms. The summed E-state index contributed by atoms with van der Waals surface area (Å²) in [6, 6.07) is 1.77. The van der Waals surface area contributed by atoms with Crippen molar-refractivity contribution in [2.24, 2.45) is 10.4 Å². The average Bonchev–Trinajstić information content (AvgIpc) is 2.75. The molecule has 2 aromatic heterocycles. The van der Waals surface area contributed by atoms with Crippen molar-refractivity contribution in [2.45, 2.75) is 0 Å². The molecule has 1 N–H and O–H groups in total. The van der Waals surface area contributed by atoms with E-state index in [0.29, 0.717) is 5.13 Å². The van der Waals surface area contributed by atoms with E-state index in [9.17, 15) is 0 Å². The van der Waals surface area contributed by atoms with Crippen molar-refractivity contribution in [3.8, 4) is 0 Å². The molecule has 2 rings (SSSR count). The predicted molar refractivity (Wildman–Crippen MR) is 48.2 cm³/mol. The fraction of sp³-hybridized carbons (Fsp3) is 0. The predicted octanol–water partition coefficient (Wildman–Crippen LogP) is 1.58. The Kier molecular flexibility index (Phi) is 2.28. The van der Waals surface area contributed by atoms with E-state index in [0.717, 1.165) is 0 Å². The molecule has 0 aliphatic heterocycles. The van der Waals surface area contributed by atoms with Crippen LogP contribution in [0.25, 0.3) is 0 Å². The number of aromatic nitrogens is 3. The highest BCUT2D eigenvalue weighted by molar-refractivity contribution is 7.13. The van der Waals surface area contributed by atoms with E-state index in [1.165, 1.54) is 16.1 Å². The van der Waals surface area contributed by atoms with E-state index < -0.39 is 0 Å². The Bertz CT molecular complexity index is 364. The average molecular weight is 194 g/mol. The minimum Gasteiger partial charge on any atom is -0.232 e. The summed E-state index contributed by atoms with van der Waals surface area (Å²) in [6.07, 6.45) is 5.01. The quantitative estimate of drug-likeness (QED) is 0.595. The molecule has 0 aromatic carbocycles. The zero-order chi connectivity index (χ0) is 8.93. The summed E-state index contributed by atoms with van der Waals surface area (Å²) in [7, 11) is 0. The Morgan fingerprint density at radius 3 is 3.15 bits per heavy atom. The van der Waals surface area contributed by atoms with E-state index >= 15 is 0 Å². The molecular weight excluding hydrogens is 188 g/mol. The first-order valence-electron chi connectivity index (χ1n) is 3.51. The van der Waals surface area contributed by atoms with Gasteiger partial charge in [-0.25, -0.2) is 10.4 Å². The maximum absolute atomic E-state index is 3.96. The van der Waals surface area contributed by atoms with Gasteiger partial charge in [-0.2, -0.15) is 5.10 Å². The van der Waals surface area contributed by atoms with Crippen LogP contribution in [0.4, 0.5) is 5.13 Å². The molecule has 0 saturated heterocycles. The highest BCUT2D eigenvalue weighted by atomic mass is 32.1. The van der Waals surface area contributed by atoms with Crippen LogP contribution in [0.5, 0.6) is 0 Å². The Hall–Kier alpha value is -1.76. The molecule has 0 unspecified atom stereocenters. The van der Waals surface area contributed by atoms with Gasteiger partial charge in [0.05, 0.1) is 12.4 Å². The van der Waals surface area contributed by atoms with Gasteiger partial charge in [0.15, 0.2) is 0 Å². The number of hydrogen-bond donors (Lipinski definition) is 1. The van der Waals surface area contributed by atoms with Gasteiger partial charge in [0.25, 0.3) is 0 Å². The van der Waals surface area contributed by atoms with Gasteiger partial charge in [-0.1, -0.05) is 0 Å². The minimum atomic E-state index is 0.705. The van der Waals surface area contributed by atoms with Crippen molar-refractivity contribution in [3.63, 3.8) is 0 Å². The summed E-state index contributed by atoms with van der Waals surface area (Å²) in [5.41, 5.74) is 2.67. The summed E-state index contributed by atoms with van der Waals surface area (Å²) in [4.78, 5) is 5.31. The SMILES string of the molecule is c1cnn(N=NNc2nccs2)c1. The molecule has 0 amide bonds. The van der Waals surface area contributed by atoms with Gasteiger partial charge in [0, 0.05) is 11.6 Å². The second kappa shape index (κ2) is 3.76. The lowest BCUT2D eigenvalue weighted by molar-refractivity contribution is 0.681. The molecule has 0 bridgehead atoms. The fourth-order valence-corrected chi connectivity index (χ4v) is 1.17. The molecule has 0 fully saturated rings. The summed E-state index contributed by atoms with van der Waals surface area (Å²) in [5, 5.41) is 13.8. The Balaban J connectivity index is 1.93. The van der Waals surface area contributed by atoms with Crippen LogP contribution in [0.1, 0.15) is 0 Å². The van der Waals surface area contributed by atoms with Gasteiger partial charge in [0.2, 0.25) is 5.13 Å². The Labute approximate surface area is 77.9 Å². The number of nitrogens with one attached hydrogen (secondary N) is 1. The van der Waals surface area contributed by atoms with Gasteiger partial charge in [-0.05, 0) is 16.5 Å². The van der Waals surface area contributed by atoms with Crippen molar-refractivity contribution < 1.29 is 0 Å². The van der Waals surface area contributed by atoms with Crippen molar-refractivity contribution in [2.75, 3.05) is 5.43 Å². The molecular formula is C6H6N6S. The third-order valence-corrected chi connectivity index (χ3v) is 1.88. The third kappa shape index (κ3) is 2.09. The molecule has 2 aromatic rings. The molecule has 0 radical (unpaired) electrons. The van der Waals surface area contributed by atoms with Gasteiger partial charge in [-0.15, -0.1) is 16.1 Å². The standard InChI is InChI=1S/C6H6N6S/c1-2-8-12(4-1)11-10-9-6-7-3-5-13-6/h1-5H,(H,7,9,11). The lowest BCUT2D eigenvalue weighted by Crippen LogP contribution is -1.90. The second-order valence-corrected chi connectivity index (χ2v) is 2.96. The van der Waals surface area contributed by atoms with E-state index in [1.807, 2.05) is 5.38 Å². The van der Waals surface area contributed by atoms with Crippen LogP contribution in [0, 0.1) is 0 Å².